The lowest BCUT2D eigenvalue weighted by atomic mass is 10.1. The van der Waals surface area contributed by atoms with Gasteiger partial charge in [0.2, 0.25) is 5.78 Å². The summed E-state index contributed by atoms with van der Waals surface area (Å²) in [5, 5.41) is 0. The molecule has 10 nitrogen and oxygen atoms in total. The van der Waals surface area contributed by atoms with Gasteiger partial charge in [0.25, 0.3) is 5.56 Å². The van der Waals surface area contributed by atoms with Crippen LogP contribution in [0, 0.1) is 0 Å². The van der Waals surface area contributed by atoms with E-state index in [1.807, 2.05) is 6.07 Å². The van der Waals surface area contributed by atoms with Gasteiger partial charge >= 0.3 is 17.6 Å². The van der Waals surface area contributed by atoms with Crippen molar-refractivity contribution in [2.45, 2.75) is 6.54 Å². The number of ether oxygens (including phenoxy) is 2. The van der Waals surface area contributed by atoms with E-state index in [9.17, 15) is 24.0 Å². The number of carbonyl (C=O) groups excluding carboxylic acids is 3. The van der Waals surface area contributed by atoms with E-state index >= 15 is 0 Å². The number of Topliss-reactive ketones (excluding diaryl/α,β-unsaturated/α-hetero) is 1. The number of rotatable bonds is 8. The van der Waals surface area contributed by atoms with Crippen molar-refractivity contribution in [1.82, 2.24) is 9.13 Å². The van der Waals surface area contributed by atoms with E-state index in [1.165, 1.54) is 32.4 Å². The SMILES string of the molecule is COC(=O)c1ccc(/C=C/C(=O)OCC(=O)c2c(N)n(Cc3ccccc3)c(=O)n(C)c2=O)cc1. The average molecular weight is 477 g/mol. The van der Waals surface area contributed by atoms with Crippen LogP contribution in [-0.2, 0) is 27.9 Å². The van der Waals surface area contributed by atoms with Gasteiger partial charge in [-0.2, -0.15) is 0 Å². The lowest BCUT2D eigenvalue weighted by molar-refractivity contribution is -0.136. The number of carbonyl (C=O) groups is 3. The quantitative estimate of drug-likeness (QED) is 0.292. The molecule has 0 radical (unpaired) electrons. The number of nitrogens with zero attached hydrogens (tertiary/aromatic N) is 2. The van der Waals surface area contributed by atoms with Crippen molar-refractivity contribution in [2.24, 2.45) is 7.05 Å². The first-order valence-electron chi connectivity index (χ1n) is 10.4. The standard InChI is InChI=1S/C25H23N3O7/c1-27-23(31)21(22(26)28(25(27)33)14-17-6-4-3-5-7-17)19(29)15-35-20(30)13-10-16-8-11-18(12-9-16)24(32)34-2/h3-13H,14-15,26H2,1-2H3/b13-10+. The van der Waals surface area contributed by atoms with Crippen LogP contribution >= 0.6 is 0 Å². The molecule has 10 heteroatoms. The van der Waals surface area contributed by atoms with E-state index in [2.05, 4.69) is 4.74 Å². The number of ketones is 1. The minimum absolute atomic E-state index is 0.0528. The summed E-state index contributed by atoms with van der Waals surface area (Å²) in [6, 6.07) is 15.2. The van der Waals surface area contributed by atoms with Crippen LogP contribution in [0.25, 0.3) is 6.08 Å². The summed E-state index contributed by atoms with van der Waals surface area (Å²) in [4.78, 5) is 61.4. The molecular weight excluding hydrogens is 454 g/mol. The maximum atomic E-state index is 12.7. The van der Waals surface area contributed by atoms with Crippen molar-refractivity contribution in [1.29, 1.82) is 0 Å². The lowest BCUT2D eigenvalue weighted by Gasteiger charge is -2.14. The molecule has 0 spiro atoms. The smallest absolute Gasteiger partial charge is 0.337 e. The first-order chi connectivity index (χ1) is 16.7. The molecular formula is C25H23N3O7. The van der Waals surface area contributed by atoms with Gasteiger partial charge in [-0.05, 0) is 29.3 Å². The summed E-state index contributed by atoms with van der Waals surface area (Å²) in [7, 11) is 2.51. The molecule has 35 heavy (non-hydrogen) atoms. The molecule has 2 N–H and O–H groups in total. The van der Waals surface area contributed by atoms with Crippen LogP contribution in [0.4, 0.5) is 5.82 Å². The molecule has 0 unspecified atom stereocenters. The summed E-state index contributed by atoms with van der Waals surface area (Å²) in [6.07, 6.45) is 2.53. The first-order valence-corrected chi connectivity index (χ1v) is 10.4. The summed E-state index contributed by atoms with van der Waals surface area (Å²) in [5.41, 5.74) is 5.75. The third-order valence-corrected chi connectivity index (χ3v) is 5.13. The Kier molecular flexibility index (Phi) is 7.77. The Bertz CT molecular complexity index is 1400. The van der Waals surface area contributed by atoms with Crippen molar-refractivity contribution in [2.75, 3.05) is 19.5 Å². The number of nitrogen functional groups attached to an aromatic ring is 1. The second kappa shape index (κ2) is 10.9. The number of benzene rings is 2. The second-order valence-electron chi connectivity index (χ2n) is 7.46. The van der Waals surface area contributed by atoms with E-state index in [-0.39, 0.29) is 12.4 Å². The maximum Gasteiger partial charge on any atom is 0.337 e. The van der Waals surface area contributed by atoms with Gasteiger partial charge in [0.1, 0.15) is 11.4 Å². The molecule has 1 aromatic heterocycles. The Morgan fingerprint density at radius 3 is 2.29 bits per heavy atom. The predicted octanol–water partition coefficient (Wildman–Crippen LogP) is 1.40. The molecule has 3 aromatic rings. The van der Waals surface area contributed by atoms with Gasteiger partial charge in [0, 0.05) is 13.1 Å². The largest absolute Gasteiger partial charge is 0.465 e. The fourth-order valence-corrected chi connectivity index (χ4v) is 3.23. The fourth-order valence-electron chi connectivity index (χ4n) is 3.23. The van der Waals surface area contributed by atoms with Crippen LogP contribution in [0.1, 0.15) is 31.8 Å². The normalized spacial score (nSPS) is 10.8. The van der Waals surface area contributed by atoms with Gasteiger partial charge in [-0.3, -0.25) is 18.7 Å². The lowest BCUT2D eigenvalue weighted by Crippen LogP contribution is -2.43. The van der Waals surface area contributed by atoms with E-state index in [4.69, 9.17) is 10.5 Å². The molecule has 0 aliphatic rings. The minimum Gasteiger partial charge on any atom is -0.465 e. The molecule has 0 saturated heterocycles. The van der Waals surface area contributed by atoms with Gasteiger partial charge in [0.05, 0.1) is 19.2 Å². The number of anilines is 1. The van der Waals surface area contributed by atoms with Crippen molar-refractivity contribution in [3.05, 3.63) is 104 Å². The van der Waals surface area contributed by atoms with Crippen LogP contribution in [0.2, 0.25) is 0 Å². The van der Waals surface area contributed by atoms with E-state index in [1.54, 1.807) is 36.4 Å². The summed E-state index contributed by atoms with van der Waals surface area (Å²) >= 11 is 0. The van der Waals surface area contributed by atoms with Crippen LogP contribution in [0.15, 0.2) is 70.3 Å². The van der Waals surface area contributed by atoms with E-state index in [0.717, 1.165) is 20.8 Å². The van der Waals surface area contributed by atoms with Crippen molar-refractivity contribution in [3.8, 4) is 0 Å². The zero-order valence-electron chi connectivity index (χ0n) is 19.1. The summed E-state index contributed by atoms with van der Waals surface area (Å²) in [5.74, 6) is -2.46. The highest BCUT2D eigenvalue weighted by Crippen LogP contribution is 2.10. The topological polar surface area (TPSA) is 140 Å². The molecule has 0 fully saturated rings. The first kappa shape index (κ1) is 24.9. The number of hydrogen-bond donors (Lipinski definition) is 1. The van der Waals surface area contributed by atoms with Crippen molar-refractivity contribution in [3.63, 3.8) is 0 Å². The number of nitrogens with two attached hydrogens (primary N) is 1. The molecule has 0 amide bonds. The number of esters is 2. The average Bonchev–Trinajstić information content (AvgIpc) is 2.88. The second-order valence-corrected chi connectivity index (χ2v) is 7.46. The zero-order chi connectivity index (χ0) is 25.5. The zero-order valence-corrected chi connectivity index (χ0v) is 19.1. The maximum absolute atomic E-state index is 12.7. The van der Waals surface area contributed by atoms with Crippen LogP contribution in [0.3, 0.4) is 0 Å². The number of methoxy groups -OCH3 is 1. The highest BCUT2D eigenvalue weighted by molar-refractivity contribution is 6.02. The Balaban J connectivity index is 1.73. The van der Waals surface area contributed by atoms with Gasteiger partial charge in [-0.25, -0.2) is 14.4 Å². The van der Waals surface area contributed by atoms with Crippen LogP contribution in [0.5, 0.6) is 0 Å². The summed E-state index contributed by atoms with van der Waals surface area (Å²) < 4.78 is 11.5. The highest BCUT2D eigenvalue weighted by Gasteiger charge is 2.22. The molecule has 0 saturated carbocycles. The predicted molar refractivity (Wildman–Crippen MR) is 128 cm³/mol. The third-order valence-electron chi connectivity index (χ3n) is 5.13. The monoisotopic (exact) mass is 477 g/mol. The van der Waals surface area contributed by atoms with Gasteiger partial charge in [-0.15, -0.1) is 0 Å². The third kappa shape index (κ3) is 5.80. The Labute approximate surface area is 199 Å². The molecule has 3 rings (SSSR count). The summed E-state index contributed by atoms with van der Waals surface area (Å²) in [6.45, 7) is -0.690. The molecule has 2 aromatic carbocycles. The molecule has 0 aliphatic heterocycles. The van der Waals surface area contributed by atoms with Crippen LogP contribution < -0.4 is 17.0 Å². The van der Waals surface area contributed by atoms with Gasteiger partial charge < -0.3 is 15.2 Å². The molecule has 0 aliphatic carbocycles. The number of aromatic nitrogens is 2. The molecule has 0 bridgehead atoms. The van der Waals surface area contributed by atoms with E-state index < -0.39 is 41.1 Å². The minimum atomic E-state index is -0.876. The highest BCUT2D eigenvalue weighted by atomic mass is 16.5. The fraction of sp³-hybridized carbons (Fsp3) is 0.160. The Morgan fingerprint density at radius 1 is 1.00 bits per heavy atom. The Hall–Kier alpha value is -4.73. The molecule has 0 atom stereocenters. The van der Waals surface area contributed by atoms with Crippen molar-refractivity contribution < 1.29 is 23.9 Å². The Morgan fingerprint density at radius 2 is 1.66 bits per heavy atom. The number of hydrogen-bond acceptors (Lipinski definition) is 8. The van der Waals surface area contributed by atoms with Crippen molar-refractivity contribution >= 4 is 29.6 Å². The van der Waals surface area contributed by atoms with E-state index in [0.29, 0.717) is 11.1 Å². The van der Waals surface area contributed by atoms with Gasteiger partial charge in [0.15, 0.2) is 6.61 Å². The molecule has 180 valence electrons. The van der Waals surface area contributed by atoms with Gasteiger partial charge in [-0.1, -0.05) is 42.5 Å². The van der Waals surface area contributed by atoms with Crippen LogP contribution in [-0.4, -0.2) is 40.6 Å². The molecule has 1 heterocycles.